The first-order valence-electron chi connectivity index (χ1n) is 8.96. The van der Waals surface area contributed by atoms with Gasteiger partial charge in [-0.25, -0.2) is 0 Å². The van der Waals surface area contributed by atoms with Gasteiger partial charge < -0.3 is 14.4 Å². The van der Waals surface area contributed by atoms with Crippen LogP contribution in [0.5, 0.6) is 11.5 Å². The number of anilines is 1. The lowest BCUT2D eigenvalue weighted by Crippen LogP contribution is -2.59. The minimum Gasteiger partial charge on any atom is -0.496 e. The number of hydrogen-bond donors (Lipinski definition) is 0. The highest BCUT2D eigenvalue weighted by Crippen LogP contribution is 2.57. The maximum atomic E-state index is 11.7. The number of nitro benzene ring substituents is 1. The summed E-state index contributed by atoms with van der Waals surface area (Å²) in [5.74, 6) is 0.716. The SMILES string of the molecule is CCC1(C)c2ccccc2N(C)C12C=Cc1cc(OC)cc([N+](=O)[O-])c1O2. The van der Waals surface area contributed by atoms with Crippen molar-refractivity contribution in [3.05, 3.63) is 63.7 Å². The molecule has 0 radical (unpaired) electrons. The fourth-order valence-electron chi connectivity index (χ4n) is 4.38. The summed E-state index contributed by atoms with van der Waals surface area (Å²) in [4.78, 5) is 13.4. The molecule has 0 saturated heterocycles. The number of nitrogens with zero attached hydrogens (tertiary/aromatic N) is 2. The normalized spacial score (nSPS) is 25.1. The van der Waals surface area contributed by atoms with Gasteiger partial charge in [0.15, 0.2) is 0 Å². The summed E-state index contributed by atoms with van der Waals surface area (Å²) in [6.07, 6.45) is 4.74. The molecule has 2 aliphatic heterocycles. The molecule has 2 aromatic carbocycles. The van der Waals surface area contributed by atoms with Crippen LogP contribution in [-0.2, 0) is 5.41 Å². The smallest absolute Gasteiger partial charge is 0.315 e. The molecule has 2 heterocycles. The Morgan fingerprint density at radius 3 is 2.70 bits per heavy atom. The second kappa shape index (κ2) is 5.74. The first-order valence-corrected chi connectivity index (χ1v) is 8.96. The van der Waals surface area contributed by atoms with E-state index in [9.17, 15) is 10.1 Å². The van der Waals surface area contributed by atoms with Gasteiger partial charge in [0, 0.05) is 18.3 Å². The Hall–Kier alpha value is -3.02. The number of nitro groups is 1. The molecule has 0 aliphatic carbocycles. The third-order valence-electron chi connectivity index (χ3n) is 6.11. The predicted octanol–water partition coefficient (Wildman–Crippen LogP) is 4.52. The summed E-state index contributed by atoms with van der Waals surface area (Å²) >= 11 is 0. The lowest BCUT2D eigenvalue weighted by molar-refractivity contribution is -0.386. The molecule has 140 valence electrons. The third-order valence-corrected chi connectivity index (χ3v) is 6.11. The Morgan fingerprint density at radius 1 is 1.30 bits per heavy atom. The average Bonchev–Trinajstić information content (AvgIpc) is 2.87. The van der Waals surface area contributed by atoms with E-state index in [2.05, 4.69) is 30.9 Å². The number of methoxy groups -OCH3 is 1. The summed E-state index contributed by atoms with van der Waals surface area (Å²) in [5, 5.41) is 11.7. The summed E-state index contributed by atoms with van der Waals surface area (Å²) in [6, 6.07) is 11.4. The molecule has 2 atom stereocenters. The van der Waals surface area contributed by atoms with Gasteiger partial charge in [0.25, 0.3) is 0 Å². The molecule has 0 fully saturated rings. The Balaban J connectivity index is 1.94. The maximum Gasteiger partial charge on any atom is 0.315 e. The molecule has 27 heavy (non-hydrogen) atoms. The lowest BCUT2D eigenvalue weighted by Gasteiger charge is -2.46. The van der Waals surface area contributed by atoms with Crippen molar-refractivity contribution in [2.45, 2.75) is 31.4 Å². The molecule has 6 nitrogen and oxygen atoms in total. The summed E-state index contributed by atoms with van der Waals surface area (Å²) < 4.78 is 11.7. The van der Waals surface area contributed by atoms with Gasteiger partial charge >= 0.3 is 5.69 Å². The van der Waals surface area contributed by atoms with Crippen LogP contribution >= 0.6 is 0 Å². The zero-order valence-corrected chi connectivity index (χ0v) is 15.9. The largest absolute Gasteiger partial charge is 0.496 e. The minimum atomic E-state index is -0.836. The van der Waals surface area contributed by atoms with Gasteiger partial charge in [-0.2, -0.15) is 0 Å². The molecule has 2 aliphatic rings. The van der Waals surface area contributed by atoms with Crippen molar-refractivity contribution in [1.82, 2.24) is 0 Å². The van der Waals surface area contributed by atoms with Crippen LogP contribution in [0.4, 0.5) is 11.4 Å². The third kappa shape index (κ3) is 2.13. The molecule has 4 rings (SSSR count). The Kier molecular flexibility index (Phi) is 3.70. The van der Waals surface area contributed by atoms with Crippen molar-refractivity contribution in [2.24, 2.45) is 0 Å². The molecule has 0 aromatic heterocycles. The van der Waals surface area contributed by atoms with E-state index in [4.69, 9.17) is 9.47 Å². The molecule has 6 heteroatoms. The van der Waals surface area contributed by atoms with E-state index in [1.807, 2.05) is 31.3 Å². The van der Waals surface area contributed by atoms with Crippen LogP contribution in [0, 0.1) is 10.1 Å². The quantitative estimate of drug-likeness (QED) is 0.590. The van der Waals surface area contributed by atoms with Gasteiger partial charge in [-0.3, -0.25) is 10.1 Å². The second-order valence-electron chi connectivity index (χ2n) is 7.22. The van der Waals surface area contributed by atoms with Crippen molar-refractivity contribution in [1.29, 1.82) is 0 Å². The lowest BCUT2D eigenvalue weighted by atomic mass is 9.72. The van der Waals surface area contributed by atoms with Crippen LogP contribution in [-0.4, -0.2) is 24.8 Å². The first-order chi connectivity index (χ1) is 12.9. The second-order valence-corrected chi connectivity index (χ2v) is 7.22. The van der Waals surface area contributed by atoms with Gasteiger partial charge in [0.1, 0.15) is 5.75 Å². The molecule has 2 unspecified atom stereocenters. The summed E-state index contributed by atoms with van der Waals surface area (Å²) in [5.41, 5.74) is 1.62. The van der Waals surface area contributed by atoms with Crippen molar-refractivity contribution >= 4 is 17.5 Å². The number of rotatable bonds is 3. The molecule has 1 spiro atoms. The van der Waals surface area contributed by atoms with Gasteiger partial charge in [-0.05, 0) is 43.2 Å². The van der Waals surface area contributed by atoms with E-state index in [0.717, 1.165) is 12.1 Å². The highest BCUT2D eigenvalue weighted by molar-refractivity contribution is 5.75. The standard InChI is InChI=1S/C21H22N2O4/c1-5-20(2)16-8-6-7-9-17(16)22(3)21(20)11-10-14-12-15(26-4)13-18(23(24)25)19(14)27-21/h6-13H,5H2,1-4H3. The van der Waals surface area contributed by atoms with Crippen LogP contribution < -0.4 is 14.4 Å². The van der Waals surface area contributed by atoms with E-state index in [0.29, 0.717) is 11.3 Å². The summed E-state index contributed by atoms with van der Waals surface area (Å²) in [7, 11) is 3.47. The van der Waals surface area contributed by atoms with E-state index in [-0.39, 0.29) is 16.9 Å². The predicted molar refractivity (Wildman–Crippen MR) is 105 cm³/mol. The highest BCUT2D eigenvalue weighted by atomic mass is 16.6. The van der Waals surface area contributed by atoms with Crippen molar-refractivity contribution in [2.75, 3.05) is 19.1 Å². The van der Waals surface area contributed by atoms with Crippen LogP contribution in [0.15, 0.2) is 42.5 Å². The average molecular weight is 366 g/mol. The van der Waals surface area contributed by atoms with Crippen molar-refractivity contribution in [3.8, 4) is 11.5 Å². The van der Waals surface area contributed by atoms with E-state index >= 15 is 0 Å². The zero-order chi connectivity index (χ0) is 19.4. The Morgan fingerprint density at radius 2 is 2.04 bits per heavy atom. The summed E-state index contributed by atoms with van der Waals surface area (Å²) in [6.45, 7) is 4.27. The molecule has 0 N–H and O–H groups in total. The number of para-hydroxylation sites is 1. The van der Waals surface area contributed by atoms with Crippen LogP contribution in [0.2, 0.25) is 0 Å². The Bertz CT molecular complexity index is 971. The molecule has 0 bridgehead atoms. The van der Waals surface area contributed by atoms with E-state index < -0.39 is 10.6 Å². The fourth-order valence-corrected chi connectivity index (χ4v) is 4.38. The van der Waals surface area contributed by atoms with Crippen molar-refractivity contribution < 1.29 is 14.4 Å². The minimum absolute atomic E-state index is 0.0871. The number of benzene rings is 2. The van der Waals surface area contributed by atoms with Gasteiger partial charge in [0.2, 0.25) is 11.5 Å². The number of fused-ring (bicyclic) bond motifs is 2. The van der Waals surface area contributed by atoms with Crippen molar-refractivity contribution in [3.63, 3.8) is 0 Å². The first kappa shape index (κ1) is 17.4. The van der Waals surface area contributed by atoms with E-state index in [1.54, 1.807) is 6.07 Å². The van der Waals surface area contributed by atoms with Gasteiger partial charge in [0.05, 0.1) is 23.5 Å². The number of ether oxygens (including phenoxy) is 2. The number of likely N-dealkylation sites (N-methyl/N-ethyl adjacent to an activating group) is 1. The monoisotopic (exact) mass is 366 g/mol. The fraction of sp³-hybridized carbons (Fsp3) is 0.333. The molecular weight excluding hydrogens is 344 g/mol. The number of hydrogen-bond acceptors (Lipinski definition) is 5. The molecule has 0 saturated carbocycles. The highest BCUT2D eigenvalue weighted by Gasteiger charge is 2.59. The molecule has 0 amide bonds. The zero-order valence-electron chi connectivity index (χ0n) is 15.9. The molecule has 2 aromatic rings. The van der Waals surface area contributed by atoms with Crippen LogP contribution in [0.3, 0.4) is 0 Å². The topological polar surface area (TPSA) is 64.8 Å². The maximum absolute atomic E-state index is 11.7. The molecular formula is C21H22N2O4. The van der Waals surface area contributed by atoms with Crippen LogP contribution in [0.1, 0.15) is 31.4 Å². The Labute approximate surface area is 158 Å². The van der Waals surface area contributed by atoms with Crippen LogP contribution in [0.25, 0.3) is 6.08 Å². The van der Waals surface area contributed by atoms with Gasteiger partial charge in [-0.15, -0.1) is 0 Å². The van der Waals surface area contributed by atoms with Gasteiger partial charge in [-0.1, -0.05) is 25.1 Å². The van der Waals surface area contributed by atoms with E-state index in [1.165, 1.54) is 18.7 Å².